The van der Waals surface area contributed by atoms with Gasteiger partial charge in [-0.05, 0) is 19.1 Å². The van der Waals surface area contributed by atoms with E-state index >= 15 is 0 Å². The minimum absolute atomic E-state index is 0.220. The van der Waals surface area contributed by atoms with Gasteiger partial charge in [0.25, 0.3) is 0 Å². The molecule has 27 heavy (non-hydrogen) atoms. The number of carbonyl (C=O) groups excluding carboxylic acids is 2. The molecule has 0 fully saturated rings. The summed E-state index contributed by atoms with van der Waals surface area (Å²) in [5.41, 5.74) is 0.489. The summed E-state index contributed by atoms with van der Waals surface area (Å²) in [6.45, 7) is 1.92. The molecular formula is C18H17N5O4. The topological polar surface area (TPSA) is 108 Å². The van der Waals surface area contributed by atoms with E-state index in [1.807, 2.05) is 0 Å². The van der Waals surface area contributed by atoms with E-state index in [1.54, 1.807) is 49.2 Å². The molecule has 9 nitrogen and oxygen atoms in total. The molecule has 3 aromatic rings. The molecule has 1 amide bonds. The highest BCUT2D eigenvalue weighted by molar-refractivity contribution is 6.08. The van der Waals surface area contributed by atoms with Crippen molar-refractivity contribution < 1.29 is 14.3 Å². The van der Waals surface area contributed by atoms with E-state index in [4.69, 9.17) is 4.74 Å². The second kappa shape index (κ2) is 7.65. The fourth-order valence-corrected chi connectivity index (χ4v) is 2.40. The van der Waals surface area contributed by atoms with E-state index in [9.17, 15) is 14.4 Å². The van der Waals surface area contributed by atoms with Gasteiger partial charge in [-0.3, -0.25) is 19.6 Å². The Morgan fingerprint density at radius 1 is 1.26 bits per heavy atom. The number of nitrogens with one attached hydrogen (secondary N) is 1. The van der Waals surface area contributed by atoms with Crippen molar-refractivity contribution in [3.05, 3.63) is 70.4 Å². The zero-order valence-electron chi connectivity index (χ0n) is 14.7. The molecule has 2 aromatic heterocycles. The molecular weight excluding hydrogens is 350 g/mol. The van der Waals surface area contributed by atoms with Crippen LogP contribution in [0.15, 0.2) is 53.7 Å². The third kappa shape index (κ3) is 4.09. The van der Waals surface area contributed by atoms with Gasteiger partial charge < -0.3 is 4.74 Å². The molecule has 3 rings (SSSR count). The number of amides is 1. The Morgan fingerprint density at radius 2 is 2.07 bits per heavy atom. The van der Waals surface area contributed by atoms with Gasteiger partial charge in [0.05, 0.1) is 19.0 Å². The van der Waals surface area contributed by atoms with E-state index in [0.29, 0.717) is 11.4 Å². The van der Waals surface area contributed by atoms with Crippen LogP contribution in [0.2, 0.25) is 0 Å². The second-order valence-electron chi connectivity index (χ2n) is 5.60. The molecule has 0 unspecified atom stereocenters. The van der Waals surface area contributed by atoms with Crippen molar-refractivity contribution in [2.75, 3.05) is 11.9 Å². The van der Waals surface area contributed by atoms with Crippen LogP contribution in [-0.2, 0) is 11.8 Å². The highest BCUT2D eigenvalue weighted by Crippen LogP contribution is 2.14. The molecule has 0 saturated carbocycles. The molecule has 9 heteroatoms. The number of hydrogen-bond acceptors (Lipinski definition) is 6. The van der Waals surface area contributed by atoms with Gasteiger partial charge in [-0.15, -0.1) is 0 Å². The lowest BCUT2D eigenvalue weighted by Crippen LogP contribution is -2.21. The van der Waals surface area contributed by atoms with Crippen LogP contribution in [0.3, 0.4) is 0 Å². The van der Waals surface area contributed by atoms with E-state index in [1.165, 1.54) is 23.0 Å². The fraction of sp³-hybridized carbons (Fsp3) is 0.167. The molecule has 138 valence electrons. The van der Waals surface area contributed by atoms with Crippen molar-refractivity contribution in [1.29, 1.82) is 0 Å². The summed E-state index contributed by atoms with van der Waals surface area (Å²) in [6, 6.07) is 7.48. The molecule has 0 aliphatic carbocycles. The van der Waals surface area contributed by atoms with Crippen molar-refractivity contribution in [1.82, 2.24) is 19.6 Å². The normalized spacial score (nSPS) is 10.4. The van der Waals surface area contributed by atoms with Crippen LogP contribution >= 0.6 is 0 Å². The Hall–Kier alpha value is -3.75. The quantitative estimate of drug-likeness (QED) is 0.689. The van der Waals surface area contributed by atoms with Gasteiger partial charge in [-0.25, -0.2) is 9.48 Å². The molecule has 1 aromatic carbocycles. The summed E-state index contributed by atoms with van der Waals surface area (Å²) in [4.78, 5) is 36.5. The number of nitrogens with zero attached hydrogens (tertiary/aromatic N) is 4. The van der Waals surface area contributed by atoms with Gasteiger partial charge in [0.1, 0.15) is 5.69 Å². The predicted octanol–water partition coefficient (Wildman–Crippen LogP) is 1.77. The number of aromatic nitrogens is 4. The van der Waals surface area contributed by atoms with Gasteiger partial charge >= 0.3 is 6.09 Å². The van der Waals surface area contributed by atoms with Crippen LogP contribution in [0.25, 0.3) is 5.69 Å². The van der Waals surface area contributed by atoms with E-state index in [0.717, 1.165) is 0 Å². The van der Waals surface area contributed by atoms with E-state index < -0.39 is 17.3 Å². The van der Waals surface area contributed by atoms with Gasteiger partial charge in [-0.2, -0.15) is 10.2 Å². The highest BCUT2D eigenvalue weighted by Gasteiger charge is 2.17. The van der Waals surface area contributed by atoms with Crippen molar-refractivity contribution in [3.63, 3.8) is 0 Å². The average Bonchev–Trinajstić information content (AvgIpc) is 3.08. The molecule has 0 bridgehead atoms. The minimum atomic E-state index is -0.626. The number of rotatable bonds is 5. The summed E-state index contributed by atoms with van der Waals surface area (Å²) in [5.74, 6) is -0.550. The van der Waals surface area contributed by atoms with Crippen molar-refractivity contribution >= 4 is 17.6 Å². The zero-order chi connectivity index (χ0) is 19.4. The standard InChI is InChI=1S/C18H17N5O4/c1-3-27-18(26)20-13-6-4-5-12(9-13)17(25)16-15(24)7-8-23(21-16)14-10-19-22(2)11-14/h4-11H,3H2,1-2H3,(H,20,26). The first kappa shape index (κ1) is 18.1. The molecule has 2 heterocycles. The number of ketones is 1. The number of carbonyl (C=O) groups is 2. The van der Waals surface area contributed by atoms with Crippen molar-refractivity contribution in [2.24, 2.45) is 7.05 Å². The highest BCUT2D eigenvalue weighted by atomic mass is 16.5. The lowest BCUT2D eigenvalue weighted by molar-refractivity contribution is 0.103. The predicted molar refractivity (Wildman–Crippen MR) is 97.1 cm³/mol. The molecule has 0 atom stereocenters. The van der Waals surface area contributed by atoms with Crippen molar-refractivity contribution in [2.45, 2.75) is 6.92 Å². The first-order valence-electron chi connectivity index (χ1n) is 8.15. The number of aryl methyl sites for hydroxylation is 1. The lowest BCUT2D eigenvalue weighted by Gasteiger charge is -2.07. The molecule has 1 N–H and O–H groups in total. The first-order valence-corrected chi connectivity index (χ1v) is 8.15. The summed E-state index contributed by atoms with van der Waals surface area (Å²) in [6.07, 6.45) is 4.11. The van der Waals surface area contributed by atoms with Gasteiger partial charge in [0.2, 0.25) is 11.2 Å². The summed E-state index contributed by atoms with van der Waals surface area (Å²) >= 11 is 0. The molecule has 0 aliphatic heterocycles. The van der Waals surface area contributed by atoms with Gasteiger partial charge in [-0.1, -0.05) is 12.1 Å². The van der Waals surface area contributed by atoms with E-state index in [-0.39, 0.29) is 17.9 Å². The second-order valence-corrected chi connectivity index (χ2v) is 5.60. The number of anilines is 1. The SMILES string of the molecule is CCOC(=O)Nc1cccc(C(=O)c2nn(-c3cnn(C)c3)ccc2=O)c1. The van der Waals surface area contributed by atoms with E-state index in [2.05, 4.69) is 15.5 Å². The smallest absolute Gasteiger partial charge is 0.411 e. The third-order valence-corrected chi connectivity index (χ3v) is 3.63. The van der Waals surface area contributed by atoms with Crippen LogP contribution in [-0.4, -0.2) is 38.0 Å². The maximum absolute atomic E-state index is 12.8. The maximum atomic E-state index is 12.8. The Morgan fingerprint density at radius 3 is 2.78 bits per heavy atom. The average molecular weight is 367 g/mol. The number of benzene rings is 1. The third-order valence-electron chi connectivity index (χ3n) is 3.63. The minimum Gasteiger partial charge on any atom is -0.450 e. The summed E-state index contributed by atoms with van der Waals surface area (Å²) < 4.78 is 7.80. The van der Waals surface area contributed by atoms with Crippen LogP contribution in [0, 0.1) is 0 Å². The maximum Gasteiger partial charge on any atom is 0.411 e. The van der Waals surface area contributed by atoms with Crippen LogP contribution in [0.4, 0.5) is 10.5 Å². The van der Waals surface area contributed by atoms with Gasteiger partial charge in [0.15, 0.2) is 5.69 Å². The molecule has 0 saturated heterocycles. The first-order chi connectivity index (χ1) is 13.0. The fourth-order valence-electron chi connectivity index (χ4n) is 2.40. The van der Waals surface area contributed by atoms with Crippen LogP contribution in [0.1, 0.15) is 23.0 Å². The summed E-state index contributed by atoms with van der Waals surface area (Å²) in [5, 5.41) is 10.7. The molecule has 0 spiro atoms. The molecule has 0 radical (unpaired) electrons. The zero-order valence-corrected chi connectivity index (χ0v) is 14.7. The number of ether oxygens (including phenoxy) is 1. The molecule has 0 aliphatic rings. The Balaban J connectivity index is 1.92. The monoisotopic (exact) mass is 367 g/mol. The summed E-state index contributed by atoms with van der Waals surface area (Å²) in [7, 11) is 1.75. The Bertz CT molecular complexity index is 1050. The number of hydrogen-bond donors (Lipinski definition) is 1. The van der Waals surface area contributed by atoms with Gasteiger partial charge in [0, 0.05) is 30.6 Å². The Kier molecular flexibility index (Phi) is 5.11. The van der Waals surface area contributed by atoms with Crippen LogP contribution < -0.4 is 10.7 Å². The largest absolute Gasteiger partial charge is 0.450 e. The Labute approximate surface area is 154 Å². The lowest BCUT2D eigenvalue weighted by atomic mass is 10.1. The van der Waals surface area contributed by atoms with Crippen LogP contribution in [0.5, 0.6) is 0 Å². The van der Waals surface area contributed by atoms with Crippen molar-refractivity contribution in [3.8, 4) is 5.69 Å².